The normalized spacial score (nSPS) is 30.4. The molecule has 1 amide bonds. The van der Waals surface area contributed by atoms with Crippen LogP contribution in [0.1, 0.15) is 19.8 Å². The largest absolute Gasteiger partial charge is 0.373 e. The molecule has 2 fully saturated rings. The maximum absolute atomic E-state index is 11.8. The van der Waals surface area contributed by atoms with E-state index in [1.54, 1.807) is 0 Å². The van der Waals surface area contributed by atoms with Gasteiger partial charge >= 0.3 is 0 Å². The van der Waals surface area contributed by atoms with Crippen molar-refractivity contribution in [2.45, 2.75) is 25.4 Å². The van der Waals surface area contributed by atoms with Crippen molar-refractivity contribution in [2.75, 3.05) is 45.9 Å². The molecule has 0 radical (unpaired) electrons. The van der Waals surface area contributed by atoms with Gasteiger partial charge in [0.15, 0.2) is 0 Å². The molecule has 2 aliphatic rings. The van der Waals surface area contributed by atoms with E-state index < -0.39 is 0 Å². The molecular formula is C12H23N3O2. The second-order valence-electron chi connectivity index (χ2n) is 5.20. The van der Waals surface area contributed by atoms with Gasteiger partial charge in [-0.3, -0.25) is 9.69 Å². The summed E-state index contributed by atoms with van der Waals surface area (Å²) in [5.74, 6) is 0.114. The predicted molar refractivity (Wildman–Crippen MR) is 65.9 cm³/mol. The first-order chi connectivity index (χ1) is 8.18. The van der Waals surface area contributed by atoms with Crippen molar-refractivity contribution in [2.24, 2.45) is 0 Å². The van der Waals surface area contributed by atoms with Crippen LogP contribution in [0.5, 0.6) is 0 Å². The van der Waals surface area contributed by atoms with E-state index in [0.717, 1.165) is 45.6 Å². The van der Waals surface area contributed by atoms with Gasteiger partial charge in [-0.1, -0.05) is 0 Å². The SMILES string of the molecule is CC1(CNC(=O)CN2CCNCC2)CCCO1. The highest BCUT2D eigenvalue weighted by molar-refractivity contribution is 5.78. The molecule has 2 saturated heterocycles. The van der Waals surface area contributed by atoms with Gasteiger partial charge in [0, 0.05) is 39.3 Å². The molecule has 5 nitrogen and oxygen atoms in total. The van der Waals surface area contributed by atoms with E-state index in [-0.39, 0.29) is 11.5 Å². The molecule has 0 aliphatic carbocycles. The average molecular weight is 241 g/mol. The topological polar surface area (TPSA) is 53.6 Å². The monoisotopic (exact) mass is 241 g/mol. The summed E-state index contributed by atoms with van der Waals surface area (Å²) in [5, 5.41) is 6.26. The molecule has 0 aromatic rings. The van der Waals surface area contributed by atoms with Crippen molar-refractivity contribution in [3.63, 3.8) is 0 Å². The van der Waals surface area contributed by atoms with Gasteiger partial charge in [-0.15, -0.1) is 0 Å². The fourth-order valence-electron chi connectivity index (χ4n) is 2.39. The third-order valence-corrected chi connectivity index (χ3v) is 3.54. The van der Waals surface area contributed by atoms with Crippen molar-refractivity contribution >= 4 is 5.91 Å². The third kappa shape index (κ3) is 3.94. The van der Waals surface area contributed by atoms with Crippen LogP contribution in [0, 0.1) is 0 Å². The highest BCUT2D eigenvalue weighted by Gasteiger charge is 2.30. The Bertz CT molecular complexity index is 258. The molecule has 1 unspecified atom stereocenters. The fourth-order valence-corrected chi connectivity index (χ4v) is 2.39. The second kappa shape index (κ2) is 5.80. The lowest BCUT2D eigenvalue weighted by atomic mass is 10.0. The van der Waals surface area contributed by atoms with Crippen molar-refractivity contribution in [1.82, 2.24) is 15.5 Å². The predicted octanol–water partition coefficient (Wildman–Crippen LogP) is -0.423. The Hall–Kier alpha value is -0.650. The Kier molecular flexibility index (Phi) is 4.36. The van der Waals surface area contributed by atoms with Crippen LogP contribution in [0.4, 0.5) is 0 Å². The molecule has 5 heteroatoms. The smallest absolute Gasteiger partial charge is 0.234 e. The molecular weight excluding hydrogens is 218 g/mol. The van der Waals surface area contributed by atoms with Gasteiger partial charge in [0.05, 0.1) is 12.1 Å². The number of piperazine rings is 1. The van der Waals surface area contributed by atoms with Crippen molar-refractivity contribution in [3.05, 3.63) is 0 Å². The summed E-state index contributed by atoms with van der Waals surface area (Å²) in [6.45, 7) is 7.93. The number of ether oxygens (including phenoxy) is 1. The third-order valence-electron chi connectivity index (χ3n) is 3.54. The average Bonchev–Trinajstić information content (AvgIpc) is 2.76. The van der Waals surface area contributed by atoms with E-state index in [9.17, 15) is 4.79 Å². The van der Waals surface area contributed by atoms with Gasteiger partial charge in [-0.2, -0.15) is 0 Å². The first kappa shape index (κ1) is 12.8. The first-order valence-corrected chi connectivity index (χ1v) is 6.52. The summed E-state index contributed by atoms with van der Waals surface area (Å²) in [6.07, 6.45) is 2.14. The Morgan fingerprint density at radius 2 is 2.24 bits per heavy atom. The Morgan fingerprint density at radius 1 is 1.47 bits per heavy atom. The van der Waals surface area contributed by atoms with Gasteiger partial charge in [0.25, 0.3) is 0 Å². The lowest BCUT2D eigenvalue weighted by Gasteiger charge is -2.28. The van der Waals surface area contributed by atoms with Crippen LogP contribution < -0.4 is 10.6 Å². The summed E-state index contributed by atoms with van der Waals surface area (Å²) in [4.78, 5) is 14.0. The molecule has 2 aliphatic heterocycles. The minimum atomic E-state index is -0.140. The molecule has 0 spiro atoms. The Morgan fingerprint density at radius 3 is 2.88 bits per heavy atom. The number of hydrogen-bond acceptors (Lipinski definition) is 4. The quantitative estimate of drug-likeness (QED) is 0.702. The molecule has 1 atom stereocenters. The lowest BCUT2D eigenvalue weighted by molar-refractivity contribution is -0.123. The molecule has 0 saturated carbocycles. The zero-order chi connectivity index (χ0) is 12.1. The number of carbonyl (C=O) groups is 1. The van der Waals surface area contributed by atoms with Gasteiger partial charge in [0.1, 0.15) is 0 Å². The van der Waals surface area contributed by atoms with Crippen LogP contribution in [0.25, 0.3) is 0 Å². The number of carbonyl (C=O) groups excluding carboxylic acids is 1. The van der Waals surface area contributed by atoms with Gasteiger partial charge in [-0.05, 0) is 19.8 Å². The molecule has 2 heterocycles. The molecule has 0 bridgehead atoms. The number of nitrogens with one attached hydrogen (secondary N) is 2. The van der Waals surface area contributed by atoms with E-state index in [4.69, 9.17) is 4.74 Å². The van der Waals surface area contributed by atoms with E-state index in [2.05, 4.69) is 22.5 Å². The molecule has 98 valence electrons. The van der Waals surface area contributed by atoms with E-state index in [0.29, 0.717) is 13.1 Å². The lowest BCUT2D eigenvalue weighted by Crippen LogP contribution is -2.49. The van der Waals surface area contributed by atoms with Crippen LogP contribution >= 0.6 is 0 Å². The Balaban J connectivity index is 1.66. The summed E-state index contributed by atoms with van der Waals surface area (Å²) in [5.41, 5.74) is -0.140. The van der Waals surface area contributed by atoms with Crippen LogP contribution in [-0.2, 0) is 9.53 Å². The maximum Gasteiger partial charge on any atom is 0.234 e. The van der Waals surface area contributed by atoms with E-state index in [1.807, 2.05) is 0 Å². The molecule has 2 rings (SSSR count). The standard InChI is InChI=1S/C12H23N3O2/c1-12(3-2-8-17-12)10-14-11(16)9-15-6-4-13-5-7-15/h13H,2-10H2,1H3,(H,14,16). The number of rotatable bonds is 4. The Labute approximate surface area is 103 Å². The van der Waals surface area contributed by atoms with Gasteiger partial charge < -0.3 is 15.4 Å². The van der Waals surface area contributed by atoms with Crippen molar-refractivity contribution < 1.29 is 9.53 Å². The summed E-state index contributed by atoms with van der Waals surface area (Å²) in [7, 11) is 0. The zero-order valence-electron chi connectivity index (χ0n) is 10.6. The minimum Gasteiger partial charge on any atom is -0.373 e. The summed E-state index contributed by atoms with van der Waals surface area (Å²) in [6, 6.07) is 0. The number of hydrogen-bond donors (Lipinski definition) is 2. The van der Waals surface area contributed by atoms with E-state index >= 15 is 0 Å². The highest BCUT2D eigenvalue weighted by atomic mass is 16.5. The van der Waals surface area contributed by atoms with Crippen molar-refractivity contribution in [3.8, 4) is 0 Å². The van der Waals surface area contributed by atoms with Crippen molar-refractivity contribution in [1.29, 1.82) is 0 Å². The first-order valence-electron chi connectivity index (χ1n) is 6.52. The molecule has 0 aromatic carbocycles. The minimum absolute atomic E-state index is 0.114. The zero-order valence-corrected chi connectivity index (χ0v) is 10.6. The molecule has 2 N–H and O–H groups in total. The van der Waals surface area contributed by atoms with E-state index in [1.165, 1.54) is 0 Å². The number of amides is 1. The maximum atomic E-state index is 11.8. The van der Waals surface area contributed by atoms with Crippen LogP contribution in [0.15, 0.2) is 0 Å². The summed E-state index contributed by atoms with van der Waals surface area (Å²) >= 11 is 0. The van der Waals surface area contributed by atoms with Gasteiger partial charge in [-0.25, -0.2) is 0 Å². The highest BCUT2D eigenvalue weighted by Crippen LogP contribution is 2.23. The number of nitrogens with zero attached hydrogens (tertiary/aromatic N) is 1. The van der Waals surface area contributed by atoms with Gasteiger partial charge in [0.2, 0.25) is 5.91 Å². The fraction of sp³-hybridized carbons (Fsp3) is 0.917. The second-order valence-corrected chi connectivity index (χ2v) is 5.20. The molecule has 0 aromatic heterocycles. The van der Waals surface area contributed by atoms with Crippen LogP contribution in [0.3, 0.4) is 0 Å². The summed E-state index contributed by atoms with van der Waals surface area (Å²) < 4.78 is 5.64. The van der Waals surface area contributed by atoms with Crippen LogP contribution in [-0.4, -0.2) is 62.3 Å². The molecule has 17 heavy (non-hydrogen) atoms. The van der Waals surface area contributed by atoms with Crippen LogP contribution in [0.2, 0.25) is 0 Å².